The van der Waals surface area contributed by atoms with Crippen LogP contribution in [-0.2, 0) is 16.2 Å². The monoisotopic (exact) mass is 485 g/mol. The first kappa shape index (κ1) is 24.3. The number of nitrogens with one attached hydrogen (secondary N) is 2. The van der Waals surface area contributed by atoms with Crippen LogP contribution < -0.4 is 15.4 Å². The van der Waals surface area contributed by atoms with Crippen molar-refractivity contribution in [2.75, 3.05) is 12.8 Å². The minimum absolute atomic E-state index is 0.185. The van der Waals surface area contributed by atoms with Crippen LogP contribution in [0, 0.1) is 0 Å². The van der Waals surface area contributed by atoms with Crippen molar-refractivity contribution in [2.24, 2.45) is 0 Å². The lowest BCUT2D eigenvalue weighted by Crippen LogP contribution is -2.44. The molecule has 0 fully saturated rings. The molecule has 4 aromatic rings. The van der Waals surface area contributed by atoms with Crippen LogP contribution in [0.1, 0.15) is 12.5 Å². The van der Waals surface area contributed by atoms with Crippen molar-refractivity contribution in [1.82, 2.24) is 15.6 Å². The number of ether oxygens (including phenoxy) is 1. The van der Waals surface area contributed by atoms with Crippen molar-refractivity contribution in [3.8, 4) is 16.9 Å². The highest BCUT2D eigenvalue weighted by molar-refractivity contribution is 8.00. The zero-order valence-electron chi connectivity index (χ0n) is 19.7. The quantitative estimate of drug-likeness (QED) is 0.332. The summed E-state index contributed by atoms with van der Waals surface area (Å²) in [5, 5.41) is 7.44. The SMILES string of the molecule is CNC(=O)[C@H](C)NC(=O)CSc1ccc2ccccc2c1-c1cncc(OCc2ccccc2)c1. The summed E-state index contributed by atoms with van der Waals surface area (Å²) in [6.45, 7) is 2.11. The Morgan fingerprint density at radius 2 is 1.77 bits per heavy atom. The highest BCUT2D eigenvalue weighted by atomic mass is 32.2. The lowest BCUT2D eigenvalue weighted by molar-refractivity contribution is -0.127. The van der Waals surface area contributed by atoms with Gasteiger partial charge < -0.3 is 15.4 Å². The summed E-state index contributed by atoms with van der Waals surface area (Å²) in [7, 11) is 1.55. The fraction of sp³-hybridized carbons (Fsp3) is 0.179. The number of amides is 2. The zero-order valence-corrected chi connectivity index (χ0v) is 20.5. The maximum Gasteiger partial charge on any atom is 0.242 e. The van der Waals surface area contributed by atoms with Crippen LogP contribution >= 0.6 is 11.8 Å². The van der Waals surface area contributed by atoms with Crippen molar-refractivity contribution in [3.05, 3.63) is 90.8 Å². The third-order valence-electron chi connectivity index (χ3n) is 5.52. The van der Waals surface area contributed by atoms with Crippen LogP contribution in [0.3, 0.4) is 0 Å². The maximum absolute atomic E-state index is 12.5. The largest absolute Gasteiger partial charge is 0.487 e. The minimum atomic E-state index is -0.591. The van der Waals surface area contributed by atoms with E-state index in [1.165, 1.54) is 11.8 Å². The van der Waals surface area contributed by atoms with E-state index in [-0.39, 0.29) is 17.6 Å². The number of fused-ring (bicyclic) bond motifs is 1. The number of aromatic nitrogens is 1. The normalized spacial score (nSPS) is 11.6. The molecule has 35 heavy (non-hydrogen) atoms. The number of thioether (sulfide) groups is 1. The first-order valence-electron chi connectivity index (χ1n) is 11.3. The average Bonchev–Trinajstić information content (AvgIpc) is 2.90. The molecule has 7 heteroatoms. The molecule has 6 nitrogen and oxygen atoms in total. The van der Waals surface area contributed by atoms with Gasteiger partial charge in [0.1, 0.15) is 18.4 Å². The molecule has 0 aliphatic rings. The minimum Gasteiger partial charge on any atom is -0.487 e. The summed E-state index contributed by atoms with van der Waals surface area (Å²) in [6.07, 6.45) is 3.52. The van der Waals surface area contributed by atoms with E-state index in [0.717, 1.165) is 32.4 Å². The third-order valence-corrected chi connectivity index (χ3v) is 6.57. The molecule has 0 aliphatic heterocycles. The van der Waals surface area contributed by atoms with Gasteiger partial charge in [0, 0.05) is 29.3 Å². The molecule has 0 spiro atoms. The topological polar surface area (TPSA) is 80.3 Å². The predicted molar refractivity (Wildman–Crippen MR) is 140 cm³/mol. The number of benzene rings is 3. The van der Waals surface area contributed by atoms with Crippen LogP contribution in [0.15, 0.2) is 90.1 Å². The molecule has 0 radical (unpaired) electrons. The Hall–Kier alpha value is -3.84. The molecule has 2 amide bonds. The van der Waals surface area contributed by atoms with E-state index < -0.39 is 6.04 Å². The van der Waals surface area contributed by atoms with Gasteiger partial charge in [-0.2, -0.15) is 0 Å². The van der Waals surface area contributed by atoms with Gasteiger partial charge in [0.15, 0.2) is 0 Å². The summed E-state index contributed by atoms with van der Waals surface area (Å²) in [4.78, 5) is 29.6. The Balaban J connectivity index is 1.59. The number of carbonyl (C=O) groups excluding carboxylic acids is 2. The Labute approximate surface area is 209 Å². The van der Waals surface area contributed by atoms with Gasteiger partial charge >= 0.3 is 0 Å². The first-order valence-corrected chi connectivity index (χ1v) is 12.3. The van der Waals surface area contributed by atoms with Crippen molar-refractivity contribution >= 4 is 34.3 Å². The predicted octanol–water partition coefficient (Wildman–Crippen LogP) is 4.82. The molecular formula is C28H27N3O3S. The van der Waals surface area contributed by atoms with Crippen LogP contribution in [0.4, 0.5) is 0 Å². The van der Waals surface area contributed by atoms with E-state index in [9.17, 15) is 9.59 Å². The summed E-state index contributed by atoms with van der Waals surface area (Å²) in [6, 6.07) is 23.6. The molecule has 178 valence electrons. The number of rotatable bonds is 9. The summed E-state index contributed by atoms with van der Waals surface area (Å²) >= 11 is 1.43. The van der Waals surface area contributed by atoms with Crippen LogP contribution in [0.5, 0.6) is 5.75 Å². The van der Waals surface area contributed by atoms with E-state index in [1.807, 2.05) is 60.8 Å². The second kappa shape index (κ2) is 11.5. The smallest absolute Gasteiger partial charge is 0.242 e. The van der Waals surface area contributed by atoms with Gasteiger partial charge in [-0.25, -0.2) is 0 Å². The van der Waals surface area contributed by atoms with Crippen molar-refractivity contribution < 1.29 is 14.3 Å². The zero-order chi connectivity index (χ0) is 24.6. The van der Waals surface area contributed by atoms with E-state index >= 15 is 0 Å². The molecule has 1 aromatic heterocycles. The molecule has 0 aliphatic carbocycles. The molecule has 0 saturated carbocycles. The van der Waals surface area contributed by atoms with E-state index in [4.69, 9.17) is 4.74 Å². The highest BCUT2D eigenvalue weighted by Gasteiger charge is 2.16. The van der Waals surface area contributed by atoms with Crippen LogP contribution in [0.25, 0.3) is 21.9 Å². The van der Waals surface area contributed by atoms with Gasteiger partial charge in [-0.05, 0) is 35.4 Å². The molecule has 4 rings (SSSR count). The lowest BCUT2D eigenvalue weighted by atomic mass is 9.99. The number of hydrogen-bond donors (Lipinski definition) is 2. The summed E-state index contributed by atoms with van der Waals surface area (Å²) < 4.78 is 6.01. The van der Waals surface area contributed by atoms with Crippen LogP contribution in [-0.4, -0.2) is 35.6 Å². The Morgan fingerprint density at radius 1 is 1.00 bits per heavy atom. The fourth-order valence-electron chi connectivity index (χ4n) is 3.75. The Kier molecular flexibility index (Phi) is 8.00. The second-order valence-corrected chi connectivity index (χ2v) is 9.05. The van der Waals surface area contributed by atoms with Gasteiger partial charge in [-0.1, -0.05) is 60.7 Å². The van der Waals surface area contributed by atoms with E-state index in [2.05, 4.69) is 33.8 Å². The standard InChI is InChI=1S/C28H27N3O3S/c1-19(28(33)29-2)31-26(32)18-35-25-13-12-21-10-6-7-11-24(21)27(25)22-14-23(16-30-15-22)34-17-20-8-4-3-5-9-20/h3-16,19H,17-18H2,1-2H3,(H,29,33)(H,31,32)/t19-/m0/s1. The van der Waals surface area contributed by atoms with Gasteiger partial charge in [-0.3, -0.25) is 14.6 Å². The molecule has 0 saturated heterocycles. The number of nitrogens with zero attached hydrogens (tertiary/aromatic N) is 1. The Morgan fingerprint density at radius 3 is 2.57 bits per heavy atom. The molecule has 0 bridgehead atoms. The van der Waals surface area contributed by atoms with Crippen molar-refractivity contribution in [2.45, 2.75) is 24.5 Å². The molecule has 0 unspecified atom stereocenters. The number of likely N-dealkylation sites (N-methyl/N-ethyl adjacent to an activating group) is 1. The van der Waals surface area contributed by atoms with Crippen LogP contribution in [0.2, 0.25) is 0 Å². The van der Waals surface area contributed by atoms with E-state index in [0.29, 0.717) is 12.4 Å². The maximum atomic E-state index is 12.5. The van der Waals surface area contributed by atoms with Gasteiger partial charge in [0.2, 0.25) is 11.8 Å². The van der Waals surface area contributed by atoms with Gasteiger partial charge in [0.25, 0.3) is 0 Å². The molecule has 2 N–H and O–H groups in total. The second-order valence-electron chi connectivity index (χ2n) is 8.04. The number of hydrogen-bond acceptors (Lipinski definition) is 5. The lowest BCUT2D eigenvalue weighted by Gasteiger charge is -2.15. The third kappa shape index (κ3) is 6.19. The number of carbonyl (C=O) groups is 2. The summed E-state index contributed by atoms with van der Waals surface area (Å²) in [5.74, 6) is 0.424. The molecule has 1 atom stereocenters. The van der Waals surface area contributed by atoms with Crippen molar-refractivity contribution in [1.29, 1.82) is 0 Å². The average molecular weight is 486 g/mol. The van der Waals surface area contributed by atoms with Gasteiger partial charge in [0.05, 0.1) is 11.9 Å². The van der Waals surface area contributed by atoms with Crippen molar-refractivity contribution in [3.63, 3.8) is 0 Å². The summed E-state index contributed by atoms with van der Waals surface area (Å²) in [5.41, 5.74) is 2.99. The van der Waals surface area contributed by atoms with E-state index in [1.54, 1.807) is 20.2 Å². The van der Waals surface area contributed by atoms with Gasteiger partial charge in [-0.15, -0.1) is 11.8 Å². The molecular weight excluding hydrogens is 458 g/mol. The first-order chi connectivity index (χ1) is 17.0. The number of pyridine rings is 1. The molecule has 3 aromatic carbocycles. The molecule has 1 heterocycles. The fourth-order valence-corrected chi connectivity index (χ4v) is 4.66. The highest BCUT2D eigenvalue weighted by Crippen LogP contribution is 2.38. The Bertz CT molecular complexity index is 1330.